The Morgan fingerprint density at radius 3 is 2.94 bits per heavy atom. The Balaban J connectivity index is 1.91. The fourth-order valence-corrected chi connectivity index (χ4v) is 2.74. The predicted octanol–water partition coefficient (Wildman–Crippen LogP) is 3.43. The highest BCUT2D eigenvalue weighted by molar-refractivity contribution is 5.78. The fourth-order valence-electron chi connectivity index (χ4n) is 2.74. The minimum absolute atomic E-state index is 0.204. The third kappa shape index (κ3) is 1.95. The molecule has 1 aromatic carbocycles. The SMILES string of the molecule is CNC1CCC(c2cc3cc(F)ccc3o2)C1. The minimum atomic E-state index is -0.204. The van der Waals surface area contributed by atoms with Crippen molar-refractivity contribution in [2.75, 3.05) is 7.05 Å². The molecule has 1 heterocycles. The number of hydrogen-bond acceptors (Lipinski definition) is 2. The number of fused-ring (bicyclic) bond motifs is 1. The molecule has 1 aliphatic carbocycles. The Morgan fingerprint density at radius 2 is 2.18 bits per heavy atom. The summed E-state index contributed by atoms with van der Waals surface area (Å²) in [6, 6.07) is 7.26. The van der Waals surface area contributed by atoms with Crippen LogP contribution in [0.3, 0.4) is 0 Å². The summed E-state index contributed by atoms with van der Waals surface area (Å²) in [6.07, 6.45) is 3.44. The summed E-state index contributed by atoms with van der Waals surface area (Å²) < 4.78 is 18.9. The van der Waals surface area contributed by atoms with Crippen molar-refractivity contribution in [3.63, 3.8) is 0 Å². The lowest BCUT2D eigenvalue weighted by molar-refractivity contribution is 0.483. The van der Waals surface area contributed by atoms with Crippen molar-refractivity contribution in [1.82, 2.24) is 5.32 Å². The molecule has 3 rings (SSSR count). The van der Waals surface area contributed by atoms with Crippen LogP contribution < -0.4 is 5.32 Å². The standard InChI is InChI=1S/C14H16FNO/c1-16-12-4-2-9(7-12)14-8-10-6-11(15)3-5-13(10)17-14/h3,5-6,8-9,12,16H,2,4,7H2,1H3. The summed E-state index contributed by atoms with van der Waals surface area (Å²) in [5, 5.41) is 4.17. The molecular weight excluding hydrogens is 217 g/mol. The molecule has 0 radical (unpaired) electrons. The molecule has 2 atom stereocenters. The van der Waals surface area contributed by atoms with E-state index in [9.17, 15) is 4.39 Å². The van der Waals surface area contributed by atoms with Crippen molar-refractivity contribution in [1.29, 1.82) is 0 Å². The monoisotopic (exact) mass is 233 g/mol. The Bertz CT molecular complexity index is 534. The Kier molecular flexibility index (Phi) is 2.63. The summed E-state index contributed by atoms with van der Waals surface area (Å²) in [5.41, 5.74) is 0.786. The van der Waals surface area contributed by atoms with E-state index in [1.165, 1.54) is 18.6 Å². The summed E-state index contributed by atoms with van der Waals surface area (Å²) in [7, 11) is 2.00. The highest BCUT2D eigenvalue weighted by atomic mass is 19.1. The van der Waals surface area contributed by atoms with Gasteiger partial charge < -0.3 is 9.73 Å². The molecule has 1 saturated carbocycles. The van der Waals surface area contributed by atoms with E-state index in [0.717, 1.165) is 29.6 Å². The molecule has 1 N–H and O–H groups in total. The fraction of sp³-hybridized carbons (Fsp3) is 0.429. The van der Waals surface area contributed by atoms with E-state index in [0.29, 0.717) is 12.0 Å². The van der Waals surface area contributed by atoms with E-state index in [2.05, 4.69) is 5.32 Å². The zero-order valence-corrected chi connectivity index (χ0v) is 9.87. The second kappa shape index (κ2) is 4.15. The molecule has 2 aromatic rings. The number of halogens is 1. The molecular formula is C14H16FNO. The topological polar surface area (TPSA) is 25.2 Å². The Morgan fingerprint density at radius 1 is 1.29 bits per heavy atom. The van der Waals surface area contributed by atoms with E-state index in [4.69, 9.17) is 4.42 Å². The number of furan rings is 1. The first-order chi connectivity index (χ1) is 8.26. The van der Waals surface area contributed by atoms with E-state index >= 15 is 0 Å². The van der Waals surface area contributed by atoms with Gasteiger partial charge in [0.05, 0.1) is 0 Å². The normalized spacial score (nSPS) is 24.6. The molecule has 0 spiro atoms. The molecule has 1 aliphatic rings. The van der Waals surface area contributed by atoms with Gasteiger partial charge in [0.25, 0.3) is 0 Å². The lowest BCUT2D eigenvalue weighted by Crippen LogP contribution is -2.20. The molecule has 1 aromatic heterocycles. The van der Waals surface area contributed by atoms with Crippen LogP contribution in [-0.4, -0.2) is 13.1 Å². The summed E-state index contributed by atoms with van der Waals surface area (Å²) in [5.74, 6) is 1.27. The van der Waals surface area contributed by atoms with Crippen LogP contribution in [0.4, 0.5) is 4.39 Å². The first kappa shape index (κ1) is 10.8. The van der Waals surface area contributed by atoms with Crippen molar-refractivity contribution in [2.24, 2.45) is 0 Å². The van der Waals surface area contributed by atoms with Gasteiger partial charge in [-0.15, -0.1) is 0 Å². The van der Waals surface area contributed by atoms with Gasteiger partial charge in [0, 0.05) is 17.3 Å². The van der Waals surface area contributed by atoms with Gasteiger partial charge in [-0.05, 0) is 50.6 Å². The minimum Gasteiger partial charge on any atom is -0.461 e. The van der Waals surface area contributed by atoms with Crippen molar-refractivity contribution >= 4 is 11.0 Å². The first-order valence-electron chi connectivity index (χ1n) is 6.12. The highest BCUT2D eigenvalue weighted by Crippen LogP contribution is 2.37. The van der Waals surface area contributed by atoms with Crippen molar-refractivity contribution < 1.29 is 8.81 Å². The largest absolute Gasteiger partial charge is 0.461 e. The van der Waals surface area contributed by atoms with Gasteiger partial charge in [-0.1, -0.05) is 0 Å². The van der Waals surface area contributed by atoms with E-state index < -0.39 is 0 Å². The molecule has 0 saturated heterocycles. The van der Waals surface area contributed by atoms with Gasteiger partial charge in [-0.25, -0.2) is 4.39 Å². The molecule has 17 heavy (non-hydrogen) atoms. The van der Waals surface area contributed by atoms with Crippen LogP contribution >= 0.6 is 0 Å². The lowest BCUT2D eigenvalue weighted by atomic mass is 10.0. The van der Waals surface area contributed by atoms with Gasteiger partial charge in [0.2, 0.25) is 0 Å². The van der Waals surface area contributed by atoms with Crippen LogP contribution in [0.5, 0.6) is 0 Å². The molecule has 0 bridgehead atoms. The molecule has 90 valence electrons. The van der Waals surface area contributed by atoms with Crippen molar-refractivity contribution in [3.05, 3.63) is 35.8 Å². The summed E-state index contributed by atoms with van der Waals surface area (Å²) >= 11 is 0. The van der Waals surface area contributed by atoms with Crippen LogP contribution in [0.1, 0.15) is 30.9 Å². The number of hydrogen-bond donors (Lipinski definition) is 1. The summed E-state index contributed by atoms with van der Waals surface area (Å²) in [6.45, 7) is 0. The van der Waals surface area contributed by atoms with Crippen LogP contribution in [-0.2, 0) is 0 Å². The zero-order valence-electron chi connectivity index (χ0n) is 9.87. The Labute approximate surface area is 99.8 Å². The van der Waals surface area contributed by atoms with Gasteiger partial charge in [-0.2, -0.15) is 0 Å². The van der Waals surface area contributed by atoms with Gasteiger partial charge in [0.15, 0.2) is 0 Å². The van der Waals surface area contributed by atoms with Gasteiger partial charge >= 0.3 is 0 Å². The maximum absolute atomic E-state index is 13.1. The third-order valence-electron chi connectivity index (χ3n) is 3.74. The molecule has 0 aliphatic heterocycles. The summed E-state index contributed by atoms with van der Waals surface area (Å²) in [4.78, 5) is 0. The average Bonchev–Trinajstić information content (AvgIpc) is 2.93. The van der Waals surface area contributed by atoms with Crippen molar-refractivity contribution in [2.45, 2.75) is 31.2 Å². The number of nitrogens with one attached hydrogen (secondary N) is 1. The number of benzene rings is 1. The smallest absolute Gasteiger partial charge is 0.134 e. The third-order valence-corrected chi connectivity index (χ3v) is 3.74. The Hall–Kier alpha value is -1.35. The number of rotatable bonds is 2. The molecule has 1 fully saturated rings. The first-order valence-corrected chi connectivity index (χ1v) is 6.12. The maximum Gasteiger partial charge on any atom is 0.134 e. The maximum atomic E-state index is 13.1. The van der Waals surface area contributed by atoms with Crippen LogP contribution in [0.15, 0.2) is 28.7 Å². The second-order valence-electron chi connectivity index (χ2n) is 4.83. The van der Waals surface area contributed by atoms with Crippen LogP contribution in [0, 0.1) is 5.82 Å². The predicted molar refractivity (Wildman–Crippen MR) is 65.6 cm³/mol. The van der Waals surface area contributed by atoms with Gasteiger partial charge in [0.1, 0.15) is 17.2 Å². The molecule has 2 unspecified atom stereocenters. The lowest BCUT2D eigenvalue weighted by Gasteiger charge is -2.07. The quantitative estimate of drug-likeness (QED) is 0.859. The average molecular weight is 233 g/mol. The highest BCUT2D eigenvalue weighted by Gasteiger charge is 2.27. The molecule has 0 amide bonds. The molecule has 2 nitrogen and oxygen atoms in total. The molecule has 3 heteroatoms. The van der Waals surface area contributed by atoms with Crippen LogP contribution in [0.25, 0.3) is 11.0 Å². The van der Waals surface area contributed by atoms with Crippen molar-refractivity contribution in [3.8, 4) is 0 Å². The van der Waals surface area contributed by atoms with Gasteiger partial charge in [-0.3, -0.25) is 0 Å². The zero-order chi connectivity index (χ0) is 11.8. The van der Waals surface area contributed by atoms with E-state index in [1.54, 1.807) is 6.07 Å². The van der Waals surface area contributed by atoms with E-state index in [1.807, 2.05) is 13.1 Å². The van der Waals surface area contributed by atoms with E-state index in [-0.39, 0.29) is 5.82 Å². The second-order valence-corrected chi connectivity index (χ2v) is 4.83. The van der Waals surface area contributed by atoms with Crippen LogP contribution in [0.2, 0.25) is 0 Å².